The predicted octanol–water partition coefficient (Wildman–Crippen LogP) is 3.12. The number of rotatable bonds is 2. The van der Waals surface area contributed by atoms with Crippen molar-refractivity contribution in [1.82, 2.24) is 0 Å². The van der Waals surface area contributed by atoms with Crippen molar-refractivity contribution in [3.8, 4) is 0 Å². The number of ether oxygens (including phenoxy) is 2. The molecule has 0 amide bonds. The van der Waals surface area contributed by atoms with Crippen LogP contribution in [0.5, 0.6) is 0 Å². The Morgan fingerprint density at radius 1 is 1.14 bits per heavy atom. The quantitative estimate of drug-likeness (QED) is 0.268. The van der Waals surface area contributed by atoms with Crippen molar-refractivity contribution in [3.63, 3.8) is 0 Å². The molecule has 0 aliphatic carbocycles. The van der Waals surface area contributed by atoms with Gasteiger partial charge < -0.3 is 9.47 Å². The topological polar surface area (TPSA) is 95.7 Å². The molecule has 9 heteroatoms. The third-order valence-corrected chi connectivity index (χ3v) is 3.41. The second kappa shape index (κ2) is 5.58. The van der Waals surface area contributed by atoms with E-state index in [1.54, 1.807) is 0 Å². The number of carbonyl (C=O) groups is 2. The van der Waals surface area contributed by atoms with Crippen LogP contribution in [-0.4, -0.2) is 22.6 Å². The molecule has 0 atom stereocenters. The highest BCUT2D eigenvalue weighted by molar-refractivity contribution is 6.42. The first-order chi connectivity index (χ1) is 10.1. The molecule has 0 spiro atoms. The smallest absolute Gasteiger partial charge is 0.348 e. The van der Waals surface area contributed by atoms with Crippen LogP contribution in [-0.2, 0) is 19.1 Å². The van der Waals surface area contributed by atoms with Crippen molar-refractivity contribution < 1.29 is 24.0 Å². The van der Waals surface area contributed by atoms with E-state index in [4.69, 9.17) is 32.7 Å². The molecule has 2 rings (SSSR count). The van der Waals surface area contributed by atoms with E-state index in [1.165, 1.54) is 19.9 Å². The molecule has 1 saturated heterocycles. The molecule has 0 bridgehead atoms. The lowest BCUT2D eigenvalue weighted by Gasteiger charge is -2.29. The number of carbonyl (C=O) groups excluding carboxylic acids is 2. The Hall–Kier alpha value is -2.12. The van der Waals surface area contributed by atoms with Crippen LogP contribution in [0.3, 0.4) is 0 Å². The van der Waals surface area contributed by atoms with Gasteiger partial charge in [0.05, 0.1) is 20.5 Å². The van der Waals surface area contributed by atoms with Gasteiger partial charge in [0.25, 0.3) is 11.5 Å². The van der Waals surface area contributed by atoms with E-state index in [0.717, 1.165) is 12.1 Å². The maximum Gasteiger partial charge on any atom is 0.348 e. The number of nitro benzene ring substituents is 1. The molecular formula is C13H9Cl2NO6. The van der Waals surface area contributed by atoms with Gasteiger partial charge in [0.2, 0.25) is 0 Å². The zero-order chi connectivity index (χ0) is 16.7. The van der Waals surface area contributed by atoms with E-state index < -0.39 is 33.9 Å². The minimum Gasteiger partial charge on any atom is -0.419 e. The highest BCUT2D eigenvalue weighted by atomic mass is 35.5. The van der Waals surface area contributed by atoms with Crippen molar-refractivity contribution in [1.29, 1.82) is 0 Å². The number of cyclic esters (lactones) is 2. The fourth-order valence-electron chi connectivity index (χ4n) is 1.76. The number of benzene rings is 1. The molecule has 116 valence electrons. The molecule has 0 N–H and O–H groups in total. The van der Waals surface area contributed by atoms with Crippen LogP contribution in [0.4, 0.5) is 5.69 Å². The lowest BCUT2D eigenvalue weighted by molar-refractivity contribution is -0.385. The van der Waals surface area contributed by atoms with Crippen LogP contribution in [0.1, 0.15) is 19.4 Å². The van der Waals surface area contributed by atoms with Gasteiger partial charge in [0.1, 0.15) is 5.57 Å². The monoisotopic (exact) mass is 345 g/mol. The van der Waals surface area contributed by atoms with Crippen molar-refractivity contribution in [2.75, 3.05) is 0 Å². The summed E-state index contributed by atoms with van der Waals surface area (Å²) in [6.45, 7) is 2.78. The van der Waals surface area contributed by atoms with Gasteiger partial charge in [-0.3, -0.25) is 10.1 Å². The van der Waals surface area contributed by atoms with Crippen molar-refractivity contribution in [2.45, 2.75) is 19.6 Å². The van der Waals surface area contributed by atoms with Gasteiger partial charge in [-0.05, 0) is 12.1 Å². The van der Waals surface area contributed by atoms with Crippen molar-refractivity contribution in [2.24, 2.45) is 0 Å². The van der Waals surface area contributed by atoms with Gasteiger partial charge in [0, 0.05) is 19.9 Å². The Kier molecular flexibility index (Phi) is 4.12. The Morgan fingerprint density at radius 3 is 2.14 bits per heavy atom. The maximum atomic E-state index is 11.8. The van der Waals surface area contributed by atoms with Crippen molar-refractivity contribution in [3.05, 3.63) is 43.4 Å². The minimum atomic E-state index is -1.39. The molecule has 1 heterocycles. The Labute approximate surface area is 134 Å². The first-order valence-corrected chi connectivity index (χ1v) is 6.68. The molecule has 1 aliphatic rings. The van der Waals surface area contributed by atoms with Gasteiger partial charge in [-0.15, -0.1) is 0 Å². The lowest BCUT2D eigenvalue weighted by Crippen LogP contribution is -2.41. The summed E-state index contributed by atoms with van der Waals surface area (Å²) in [5, 5.41) is 11.1. The van der Waals surface area contributed by atoms with Crippen LogP contribution in [0.15, 0.2) is 17.7 Å². The number of nitrogens with zero attached hydrogens (tertiary/aromatic N) is 1. The molecule has 1 fully saturated rings. The summed E-state index contributed by atoms with van der Waals surface area (Å²) in [5.41, 5.74) is -0.948. The molecule has 7 nitrogen and oxygen atoms in total. The van der Waals surface area contributed by atoms with Crippen LogP contribution in [0.25, 0.3) is 6.08 Å². The summed E-state index contributed by atoms with van der Waals surface area (Å²) in [4.78, 5) is 34.0. The van der Waals surface area contributed by atoms with E-state index in [9.17, 15) is 19.7 Å². The second-order valence-corrected chi connectivity index (χ2v) is 5.63. The summed E-state index contributed by atoms with van der Waals surface area (Å²) in [6.07, 6.45) is 0.986. The number of nitro groups is 1. The first-order valence-electron chi connectivity index (χ1n) is 5.92. The Bertz CT molecular complexity index is 703. The molecule has 1 aliphatic heterocycles. The number of hydrogen-bond acceptors (Lipinski definition) is 6. The summed E-state index contributed by atoms with van der Waals surface area (Å²) < 4.78 is 9.81. The molecule has 0 aromatic heterocycles. The van der Waals surface area contributed by atoms with Gasteiger partial charge in [-0.2, -0.15) is 0 Å². The van der Waals surface area contributed by atoms with Crippen molar-refractivity contribution >= 4 is 46.9 Å². The maximum absolute atomic E-state index is 11.8. The largest absolute Gasteiger partial charge is 0.419 e. The van der Waals surface area contributed by atoms with Gasteiger partial charge >= 0.3 is 11.9 Å². The normalized spacial score (nSPS) is 16.8. The summed E-state index contributed by atoms with van der Waals surface area (Å²) in [5.74, 6) is -3.28. The first kappa shape index (κ1) is 16.3. The Balaban J connectivity index is 2.53. The molecule has 22 heavy (non-hydrogen) atoms. The third kappa shape index (κ3) is 3.20. The number of halogens is 2. The zero-order valence-corrected chi connectivity index (χ0v) is 12.9. The predicted molar refractivity (Wildman–Crippen MR) is 77.4 cm³/mol. The molecule has 0 unspecified atom stereocenters. The summed E-state index contributed by atoms with van der Waals surface area (Å²) >= 11 is 11.5. The second-order valence-electron chi connectivity index (χ2n) is 4.82. The average molecular weight is 346 g/mol. The zero-order valence-electron chi connectivity index (χ0n) is 11.4. The highest BCUT2D eigenvalue weighted by Gasteiger charge is 2.39. The van der Waals surface area contributed by atoms with E-state index in [2.05, 4.69) is 0 Å². The van der Waals surface area contributed by atoms with Gasteiger partial charge in [0.15, 0.2) is 0 Å². The Morgan fingerprint density at radius 2 is 1.64 bits per heavy atom. The van der Waals surface area contributed by atoms with Gasteiger partial charge in [-0.25, -0.2) is 9.59 Å². The van der Waals surface area contributed by atoms with Crippen LogP contribution < -0.4 is 0 Å². The minimum absolute atomic E-state index is 0.0227. The van der Waals surface area contributed by atoms with Gasteiger partial charge in [-0.1, -0.05) is 23.2 Å². The highest BCUT2D eigenvalue weighted by Crippen LogP contribution is 2.33. The number of hydrogen-bond donors (Lipinski definition) is 0. The summed E-state index contributed by atoms with van der Waals surface area (Å²) in [7, 11) is 0. The third-order valence-electron chi connectivity index (χ3n) is 2.68. The van der Waals surface area contributed by atoms with E-state index in [1.807, 2.05) is 0 Å². The number of esters is 2. The molecular weight excluding hydrogens is 337 g/mol. The molecule has 1 aromatic carbocycles. The average Bonchev–Trinajstić information content (AvgIpc) is 2.36. The fraction of sp³-hybridized carbons (Fsp3) is 0.231. The summed E-state index contributed by atoms with van der Waals surface area (Å²) in [6, 6.07) is 2.20. The van der Waals surface area contributed by atoms with Crippen LogP contribution >= 0.6 is 23.2 Å². The van der Waals surface area contributed by atoms with E-state index in [-0.39, 0.29) is 15.6 Å². The van der Waals surface area contributed by atoms with E-state index in [0.29, 0.717) is 0 Å². The SMILES string of the molecule is CC1(C)OC(=O)C(=Cc2cc(Cl)c(Cl)cc2[N+](=O)[O-])C(=O)O1. The van der Waals surface area contributed by atoms with E-state index >= 15 is 0 Å². The molecule has 0 saturated carbocycles. The van der Waals surface area contributed by atoms with Crippen LogP contribution in [0.2, 0.25) is 10.0 Å². The standard InChI is InChI=1S/C13H9Cl2NO6/c1-13(2)21-11(17)7(12(18)22-13)3-6-4-8(14)9(15)5-10(6)16(19)20/h3-5H,1-2H3. The molecule has 1 aromatic rings. The van der Waals surface area contributed by atoms with Crippen LogP contribution in [0, 0.1) is 10.1 Å². The fourth-order valence-corrected chi connectivity index (χ4v) is 2.09. The lowest BCUT2D eigenvalue weighted by atomic mass is 10.1. The molecule has 0 radical (unpaired) electrons.